The maximum atomic E-state index is 5.43. The van der Waals surface area contributed by atoms with Crippen LogP contribution in [-0.2, 0) is 12.8 Å². The summed E-state index contributed by atoms with van der Waals surface area (Å²) < 4.78 is 5.43. The zero-order valence-corrected chi connectivity index (χ0v) is 12.2. The number of hydrogen-bond acceptors (Lipinski definition) is 3. The highest BCUT2D eigenvalue weighted by molar-refractivity contribution is 5.34. The van der Waals surface area contributed by atoms with Crippen LogP contribution >= 0.6 is 0 Å². The average molecular weight is 270 g/mol. The van der Waals surface area contributed by atoms with Crippen LogP contribution in [-0.4, -0.2) is 24.7 Å². The minimum absolute atomic E-state index is 0.389. The van der Waals surface area contributed by atoms with Gasteiger partial charge in [0.2, 0.25) is 0 Å². The van der Waals surface area contributed by atoms with Gasteiger partial charge in [-0.15, -0.1) is 0 Å². The fraction of sp³-hybridized carbons (Fsp3) is 0.353. The Bertz CT molecular complexity index is 513. The number of ether oxygens (including phenoxy) is 1. The van der Waals surface area contributed by atoms with Gasteiger partial charge < -0.3 is 10.1 Å². The van der Waals surface area contributed by atoms with Crippen LogP contribution in [0.25, 0.3) is 0 Å². The van der Waals surface area contributed by atoms with E-state index in [9.17, 15) is 0 Å². The molecule has 106 valence electrons. The molecule has 0 saturated heterocycles. The number of nitrogens with zero attached hydrogens (tertiary/aromatic N) is 1. The van der Waals surface area contributed by atoms with Crippen LogP contribution in [0.1, 0.15) is 18.1 Å². The van der Waals surface area contributed by atoms with Gasteiger partial charge in [-0.25, -0.2) is 0 Å². The summed E-state index contributed by atoms with van der Waals surface area (Å²) in [5.74, 6) is 0.960. The minimum Gasteiger partial charge on any atom is -0.496 e. The molecule has 2 aromatic rings. The highest BCUT2D eigenvalue weighted by Crippen LogP contribution is 2.20. The van der Waals surface area contributed by atoms with Crippen molar-refractivity contribution in [2.75, 3.05) is 13.7 Å². The van der Waals surface area contributed by atoms with Gasteiger partial charge >= 0.3 is 0 Å². The van der Waals surface area contributed by atoms with Crippen LogP contribution in [0, 0.1) is 0 Å². The zero-order chi connectivity index (χ0) is 14.2. The summed E-state index contributed by atoms with van der Waals surface area (Å²) in [5, 5.41) is 3.55. The van der Waals surface area contributed by atoms with Crippen LogP contribution in [0.5, 0.6) is 5.75 Å². The molecular formula is C17H22N2O. The van der Waals surface area contributed by atoms with Gasteiger partial charge in [0.1, 0.15) is 5.75 Å². The van der Waals surface area contributed by atoms with Gasteiger partial charge in [0, 0.05) is 18.4 Å². The molecule has 0 spiro atoms. The monoisotopic (exact) mass is 270 g/mol. The molecular weight excluding hydrogens is 248 g/mol. The maximum absolute atomic E-state index is 5.43. The third kappa shape index (κ3) is 4.07. The summed E-state index contributed by atoms with van der Waals surface area (Å²) in [6.07, 6.45) is 5.67. The number of rotatable bonds is 7. The van der Waals surface area contributed by atoms with Crippen LogP contribution < -0.4 is 10.1 Å². The lowest BCUT2D eigenvalue weighted by Crippen LogP contribution is -2.33. The van der Waals surface area contributed by atoms with E-state index < -0.39 is 0 Å². The summed E-state index contributed by atoms with van der Waals surface area (Å²) in [5.41, 5.74) is 2.50. The Balaban J connectivity index is 2.09. The van der Waals surface area contributed by atoms with E-state index in [0.29, 0.717) is 6.04 Å². The fourth-order valence-electron chi connectivity index (χ4n) is 2.45. The molecule has 1 unspecified atom stereocenters. The molecule has 0 aliphatic heterocycles. The first kappa shape index (κ1) is 14.5. The van der Waals surface area contributed by atoms with Crippen LogP contribution in [0.4, 0.5) is 0 Å². The second-order valence-electron chi connectivity index (χ2n) is 4.84. The Labute approximate surface area is 121 Å². The smallest absolute Gasteiger partial charge is 0.122 e. The van der Waals surface area contributed by atoms with Gasteiger partial charge in [-0.3, -0.25) is 4.98 Å². The highest BCUT2D eigenvalue weighted by Gasteiger charge is 2.12. The lowest BCUT2D eigenvalue weighted by Gasteiger charge is -2.19. The quantitative estimate of drug-likeness (QED) is 0.840. The number of methoxy groups -OCH3 is 1. The second-order valence-corrected chi connectivity index (χ2v) is 4.84. The second kappa shape index (κ2) is 7.65. The van der Waals surface area contributed by atoms with Crippen molar-refractivity contribution in [3.63, 3.8) is 0 Å². The highest BCUT2D eigenvalue weighted by atomic mass is 16.5. The first-order valence-corrected chi connectivity index (χ1v) is 7.07. The molecule has 0 fully saturated rings. The molecule has 0 aliphatic rings. The summed E-state index contributed by atoms with van der Waals surface area (Å²) in [6, 6.07) is 12.7. The molecule has 1 N–H and O–H groups in total. The molecule has 3 heteroatoms. The van der Waals surface area contributed by atoms with Crippen LogP contribution in [0.2, 0.25) is 0 Å². The van der Waals surface area contributed by atoms with Crippen molar-refractivity contribution in [2.45, 2.75) is 25.8 Å². The van der Waals surface area contributed by atoms with Crippen molar-refractivity contribution in [3.05, 3.63) is 59.9 Å². The Hall–Kier alpha value is -1.87. The third-order valence-electron chi connectivity index (χ3n) is 3.36. The van der Waals surface area contributed by atoms with Gasteiger partial charge in [-0.2, -0.15) is 0 Å². The molecule has 1 aromatic heterocycles. The fourth-order valence-corrected chi connectivity index (χ4v) is 2.45. The van der Waals surface area contributed by atoms with E-state index in [-0.39, 0.29) is 0 Å². The largest absolute Gasteiger partial charge is 0.496 e. The van der Waals surface area contributed by atoms with Crippen molar-refractivity contribution >= 4 is 0 Å². The standard InChI is InChI=1S/C17H22N2O/c1-3-19-16(11-14-7-6-10-18-13-14)12-15-8-4-5-9-17(15)20-2/h4-10,13,16,19H,3,11-12H2,1-2H3. The number of benzene rings is 1. The molecule has 20 heavy (non-hydrogen) atoms. The Morgan fingerprint density at radius 2 is 2.00 bits per heavy atom. The number of hydrogen-bond donors (Lipinski definition) is 1. The average Bonchev–Trinajstić information content (AvgIpc) is 2.49. The molecule has 0 bridgehead atoms. The van der Waals surface area contributed by atoms with Crippen molar-refractivity contribution < 1.29 is 4.74 Å². The zero-order valence-electron chi connectivity index (χ0n) is 12.2. The van der Waals surface area contributed by atoms with Crippen molar-refractivity contribution in [1.29, 1.82) is 0 Å². The number of likely N-dealkylation sites (N-methyl/N-ethyl adjacent to an activating group) is 1. The van der Waals surface area contributed by atoms with Crippen molar-refractivity contribution in [2.24, 2.45) is 0 Å². The van der Waals surface area contributed by atoms with Crippen molar-refractivity contribution in [3.8, 4) is 5.75 Å². The van der Waals surface area contributed by atoms with E-state index in [2.05, 4.69) is 35.4 Å². The van der Waals surface area contributed by atoms with E-state index in [0.717, 1.165) is 25.1 Å². The molecule has 2 rings (SSSR count). The van der Waals surface area contributed by atoms with E-state index in [4.69, 9.17) is 4.74 Å². The van der Waals surface area contributed by atoms with Gasteiger partial charge in [-0.1, -0.05) is 31.2 Å². The Morgan fingerprint density at radius 3 is 2.70 bits per heavy atom. The predicted octanol–water partition coefficient (Wildman–Crippen LogP) is 2.85. The van der Waals surface area contributed by atoms with Crippen LogP contribution in [0.3, 0.4) is 0 Å². The van der Waals surface area contributed by atoms with Crippen molar-refractivity contribution in [1.82, 2.24) is 10.3 Å². The summed E-state index contributed by atoms with van der Waals surface area (Å²) in [7, 11) is 1.72. The lowest BCUT2D eigenvalue weighted by atomic mass is 9.99. The predicted molar refractivity (Wildman–Crippen MR) is 82.1 cm³/mol. The first-order chi connectivity index (χ1) is 9.83. The molecule has 3 nitrogen and oxygen atoms in total. The van der Waals surface area contributed by atoms with Gasteiger partial charge in [0.15, 0.2) is 0 Å². The Morgan fingerprint density at radius 1 is 1.15 bits per heavy atom. The molecule has 1 aromatic carbocycles. The van der Waals surface area contributed by atoms with E-state index in [1.165, 1.54) is 11.1 Å². The first-order valence-electron chi connectivity index (χ1n) is 7.07. The number of nitrogens with one attached hydrogen (secondary N) is 1. The van der Waals surface area contributed by atoms with E-state index in [1.54, 1.807) is 7.11 Å². The summed E-state index contributed by atoms with van der Waals surface area (Å²) in [4.78, 5) is 4.19. The normalized spacial score (nSPS) is 12.1. The van der Waals surface area contributed by atoms with Gasteiger partial charge in [0.25, 0.3) is 0 Å². The van der Waals surface area contributed by atoms with Gasteiger partial charge in [-0.05, 0) is 42.6 Å². The SMILES string of the molecule is CCNC(Cc1cccnc1)Cc1ccccc1OC. The number of pyridine rings is 1. The van der Waals surface area contributed by atoms with Gasteiger partial charge in [0.05, 0.1) is 7.11 Å². The molecule has 0 saturated carbocycles. The molecule has 0 amide bonds. The van der Waals surface area contributed by atoms with Crippen LogP contribution in [0.15, 0.2) is 48.8 Å². The number of aromatic nitrogens is 1. The molecule has 1 heterocycles. The minimum atomic E-state index is 0.389. The van der Waals surface area contributed by atoms with E-state index in [1.807, 2.05) is 30.6 Å². The molecule has 0 aliphatic carbocycles. The number of para-hydroxylation sites is 1. The summed E-state index contributed by atoms with van der Waals surface area (Å²) in [6.45, 7) is 3.10. The Kier molecular flexibility index (Phi) is 5.56. The lowest BCUT2D eigenvalue weighted by molar-refractivity contribution is 0.404. The maximum Gasteiger partial charge on any atom is 0.122 e. The molecule has 1 atom stereocenters. The molecule has 0 radical (unpaired) electrons. The topological polar surface area (TPSA) is 34.2 Å². The van der Waals surface area contributed by atoms with E-state index >= 15 is 0 Å². The third-order valence-corrected chi connectivity index (χ3v) is 3.36. The summed E-state index contributed by atoms with van der Waals surface area (Å²) >= 11 is 0.